The number of amides is 1. The number of rotatable bonds is 4. The van der Waals surface area contributed by atoms with Gasteiger partial charge in [-0.1, -0.05) is 19.1 Å². The van der Waals surface area contributed by atoms with E-state index >= 15 is 0 Å². The Morgan fingerprint density at radius 3 is 2.86 bits per heavy atom. The highest BCUT2D eigenvalue weighted by Crippen LogP contribution is 2.24. The molecule has 2 atom stereocenters. The molecule has 0 aliphatic carbocycles. The lowest BCUT2D eigenvalue weighted by Crippen LogP contribution is -2.49. The van der Waals surface area contributed by atoms with Gasteiger partial charge in [0.2, 0.25) is 0 Å². The fraction of sp³-hybridized carbons (Fsp3) is 0.588. The molecule has 4 heteroatoms. The van der Waals surface area contributed by atoms with E-state index in [9.17, 15) is 4.79 Å². The molecule has 1 aromatic carbocycles. The summed E-state index contributed by atoms with van der Waals surface area (Å²) in [7, 11) is 4.07. The Morgan fingerprint density at radius 1 is 1.43 bits per heavy atom. The number of carbonyl (C=O) groups is 1. The van der Waals surface area contributed by atoms with E-state index in [0.29, 0.717) is 12.5 Å². The first-order chi connectivity index (χ1) is 10.0. The predicted octanol–water partition coefficient (Wildman–Crippen LogP) is 1.95. The van der Waals surface area contributed by atoms with Crippen LogP contribution in [0.15, 0.2) is 24.3 Å². The predicted molar refractivity (Wildman–Crippen MR) is 86.1 cm³/mol. The van der Waals surface area contributed by atoms with Crippen molar-refractivity contribution >= 4 is 5.91 Å². The maximum absolute atomic E-state index is 12.8. The minimum Gasteiger partial charge on any atom is -0.334 e. The highest BCUT2D eigenvalue weighted by Gasteiger charge is 2.29. The maximum atomic E-state index is 12.8. The van der Waals surface area contributed by atoms with Crippen LogP contribution in [0.2, 0.25) is 0 Å². The lowest BCUT2D eigenvalue weighted by molar-refractivity contribution is 0.0573. The van der Waals surface area contributed by atoms with Gasteiger partial charge in [-0.15, -0.1) is 0 Å². The largest absolute Gasteiger partial charge is 0.334 e. The normalized spacial score (nSPS) is 22.6. The number of benzene rings is 1. The van der Waals surface area contributed by atoms with E-state index in [1.54, 1.807) is 0 Å². The molecule has 21 heavy (non-hydrogen) atoms. The molecule has 116 valence electrons. The van der Waals surface area contributed by atoms with Crippen molar-refractivity contribution in [2.24, 2.45) is 11.7 Å². The molecule has 1 heterocycles. The van der Waals surface area contributed by atoms with Crippen LogP contribution >= 0.6 is 0 Å². The summed E-state index contributed by atoms with van der Waals surface area (Å²) in [6.07, 6.45) is 2.08. The van der Waals surface area contributed by atoms with E-state index in [2.05, 4.69) is 17.9 Å². The molecule has 0 bridgehead atoms. The first-order valence-electron chi connectivity index (χ1n) is 7.76. The van der Waals surface area contributed by atoms with Crippen LogP contribution in [0.3, 0.4) is 0 Å². The van der Waals surface area contributed by atoms with E-state index in [-0.39, 0.29) is 11.9 Å². The van der Waals surface area contributed by atoms with Crippen LogP contribution in [0.5, 0.6) is 0 Å². The van der Waals surface area contributed by atoms with Crippen molar-refractivity contribution in [3.05, 3.63) is 35.4 Å². The summed E-state index contributed by atoms with van der Waals surface area (Å²) in [4.78, 5) is 16.8. The molecular formula is C17H27N3O. The maximum Gasteiger partial charge on any atom is 0.254 e. The summed E-state index contributed by atoms with van der Waals surface area (Å²) >= 11 is 0. The zero-order valence-corrected chi connectivity index (χ0v) is 13.4. The number of hydrogen-bond acceptors (Lipinski definition) is 3. The Balaban J connectivity index is 2.15. The topological polar surface area (TPSA) is 49.6 Å². The third-order valence-electron chi connectivity index (χ3n) is 4.18. The molecule has 1 amide bonds. The van der Waals surface area contributed by atoms with Crippen molar-refractivity contribution in [2.45, 2.75) is 32.4 Å². The van der Waals surface area contributed by atoms with Crippen molar-refractivity contribution in [3.8, 4) is 0 Å². The Hall–Kier alpha value is -1.39. The molecule has 0 spiro atoms. The number of hydrogen-bond donors (Lipinski definition) is 1. The van der Waals surface area contributed by atoms with Crippen LogP contribution in [0, 0.1) is 5.92 Å². The monoisotopic (exact) mass is 289 g/mol. The van der Waals surface area contributed by atoms with Crippen molar-refractivity contribution in [1.29, 1.82) is 0 Å². The van der Waals surface area contributed by atoms with Gasteiger partial charge >= 0.3 is 0 Å². The van der Waals surface area contributed by atoms with Gasteiger partial charge in [0.05, 0.1) is 0 Å². The highest BCUT2D eigenvalue weighted by atomic mass is 16.2. The summed E-state index contributed by atoms with van der Waals surface area (Å²) in [5.41, 5.74) is 7.81. The van der Waals surface area contributed by atoms with E-state index in [1.807, 2.05) is 37.2 Å². The van der Waals surface area contributed by atoms with Crippen molar-refractivity contribution in [3.63, 3.8) is 0 Å². The van der Waals surface area contributed by atoms with Gasteiger partial charge in [-0.2, -0.15) is 0 Å². The van der Waals surface area contributed by atoms with Crippen molar-refractivity contribution in [2.75, 3.05) is 27.2 Å². The van der Waals surface area contributed by atoms with Gasteiger partial charge in [0.1, 0.15) is 0 Å². The van der Waals surface area contributed by atoms with Crippen LogP contribution < -0.4 is 5.73 Å². The quantitative estimate of drug-likeness (QED) is 0.921. The molecule has 2 rings (SSSR count). The number of nitrogens with zero attached hydrogens (tertiary/aromatic N) is 2. The fourth-order valence-electron chi connectivity index (χ4n) is 3.08. The Labute approximate surface area is 127 Å². The third-order valence-corrected chi connectivity index (χ3v) is 4.18. The second kappa shape index (κ2) is 7.05. The molecule has 0 aromatic heterocycles. The average Bonchev–Trinajstić information content (AvgIpc) is 2.46. The van der Waals surface area contributed by atoms with Gasteiger partial charge in [0.15, 0.2) is 0 Å². The van der Waals surface area contributed by atoms with Crippen LogP contribution in [0.25, 0.3) is 0 Å². The SMILES string of the molecule is CC1CCN(C(=O)c2cccc(CN(C)C)c2)C(CN)C1. The zero-order valence-electron chi connectivity index (χ0n) is 13.4. The third kappa shape index (κ3) is 4.05. The molecule has 1 aromatic rings. The smallest absolute Gasteiger partial charge is 0.254 e. The Kier molecular flexibility index (Phi) is 5.37. The molecule has 4 nitrogen and oxygen atoms in total. The minimum atomic E-state index is 0.123. The first kappa shape index (κ1) is 16.0. The molecule has 1 fully saturated rings. The number of carbonyl (C=O) groups excluding carboxylic acids is 1. The summed E-state index contributed by atoms with van der Waals surface area (Å²) in [6.45, 7) is 4.45. The second-order valence-corrected chi connectivity index (χ2v) is 6.46. The van der Waals surface area contributed by atoms with Gasteiger partial charge < -0.3 is 15.5 Å². The van der Waals surface area contributed by atoms with E-state index in [4.69, 9.17) is 5.73 Å². The molecular weight excluding hydrogens is 262 g/mol. The summed E-state index contributed by atoms with van der Waals surface area (Å²) < 4.78 is 0. The fourth-order valence-corrected chi connectivity index (χ4v) is 3.08. The van der Waals surface area contributed by atoms with E-state index < -0.39 is 0 Å². The van der Waals surface area contributed by atoms with Gasteiger partial charge in [0.25, 0.3) is 5.91 Å². The molecule has 1 aliphatic rings. The number of nitrogens with two attached hydrogens (primary N) is 1. The molecule has 0 saturated carbocycles. The lowest BCUT2D eigenvalue weighted by Gasteiger charge is -2.38. The Bertz CT molecular complexity index is 487. The standard InChI is InChI=1S/C17H27N3O/c1-13-7-8-20(16(9-13)11-18)17(21)15-6-4-5-14(10-15)12-19(2)3/h4-6,10,13,16H,7-9,11-12,18H2,1-3H3. The molecule has 1 saturated heterocycles. The van der Waals surface area contributed by atoms with Gasteiger partial charge in [-0.25, -0.2) is 0 Å². The first-order valence-corrected chi connectivity index (χ1v) is 7.76. The van der Waals surface area contributed by atoms with E-state index in [0.717, 1.165) is 31.5 Å². The number of likely N-dealkylation sites (tertiary alicyclic amines) is 1. The minimum absolute atomic E-state index is 0.123. The van der Waals surface area contributed by atoms with Crippen LogP contribution in [0.4, 0.5) is 0 Å². The Morgan fingerprint density at radius 2 is 2.19 bits per heavy atom. The lowest BCUT2D eigenvalue weighted by atomic mass is 9.91. The molecule has 2 N–H and O–H groups in total. The highest BCUT2D eigenvalue weighted by molar-refractivity contribution is 5.94. The number of piperidine rings is 1. The summed E-state index contributed by atoms with van der Waals surface area (Å²) in [5, 5.41) is 0. The van der Waals surface area contributed by atoms with Crippen molar-refractivity contribution in [1.82, 2.24) is 9.80 Å². The van der Waals surface area contributed by atoms with Crippen molar-refractivity contribution < 1.29 is 4.79 Å². The zero-order chi connectivity index (χ0) is 15.4. The molecule has 0 radical (unpaired) electrons. The summed E-state index contributed by atoms with van der Waals surface area (Å²) in [6, 6.07) is 8.13. The molecule has 2 unspecified atom stereocenters. The summed E-state index contributed by atoms with van der Waals surface area (Å²) in [5.74, 6) is 0.778. The van der Waals surface area contributed by atoms with Crippen LogP contribution in [0.1, 0.15) is 35.7 Å². The van der Waals surface area contributed by atoms with E-state index in [1.165, 1.54) is 5.56 Å². The van der Waals surface area contributed by atoms with Gasteiger partial charge in [-0.05, 0) is 50.6 Å². The average molecular weight is 289 g/mol. The second-order valence-electron chi connectivity index (χ2n) is 6.46. The van der Waals surface area contributed by atoms with Crippen LogP contribution in [-0.4, -0.2) is 48.9 Å². The van der Waals surface area contributed by atoms with Gasteiger partial charge in [-0.3, -0.25) is 4.79 Å². The molecule has 1 aliphatic heterocycles. The van der Waals surface area contributed by atoms with Crippen LogP contribution in [-0.2, 0) is 6.54 Å². The van der Waals surface area contributed by atoms with Gasteiger partial charge in [0, 0.05) is 31.2 Å².